The van der Waals surface area contributed by atoms with Gasteiger partial charge in [0.1, 0.15) is 36.0 Å². The molecule has 0 spiro atoms. The monoisotopic (exact) mass is 785 g/mol. The summed E-state index contributed by atoms with van der Waals surface area (Å²) in [7, 11) is 0. The third-order valence-electron chi connectivity index (χ3n) is 8.74. The Kier molecular flexibility index (Phi) is 18.4. The van der Waals surface area contributed by atoms with Crippen molar-refractivity contribution in [1.29, 1.82) is 0 Å². The fraction of sp³-hybridized carbons (Fsp3) is 0.500. The number of benzene rings is 2. The van der Waals surface area contributed by atoms with Crippen LogP contribution in [0.1, 0.15) is 52.7 Å². The maximum absolute atomic E-state index is 13.6. The Balaban J connectivity index is 2.20. The molecule has 0 aliphatic carbocycles. The van der Waals surface area contributed by atoms with Gasteiger partial charge in [-0.05, 0) is 48.9 Å². The number of phenolic OH excluding ortho intramolecular Hbond substituents is 1. The summed E-state index contributed by atoms with van der Waals surface area (Å²) in [6.45, 7) is 8.46. The lowest BCUT2D eigenvalue weighted by Crippen LogP contribution is -2.62. The van der Waals surface area contributed by atoms with Gasteiger partial charge in [0.25, 0.3) is 0 Å². The molecule has 12 N–H and O–H groups in total. The van der Waals surface area contributed by atoms with Crippen molar-refractivity contribution in [2.75, 3.05) is 6.54 Å². The van der Waals surface area contributed by atoms with Gasteiger partial charge in [-0.15, -0.1) is 0 Å². The number of aromatic hydroxyl groups is 1. The number of carboxylic acid groups (broad SMARTS) is 1. The van der Waals surface area contributed by atoms with Crippen molar-refractivity contribution in [3.8, 4) is 5.75 Å². The van der Waals surface area contributed by atoms with E-state index in [2.05, 4.69) is 31.9 Å². The zero-order chi connectivity index (χ0) is 42.3. The summed E-state index contributed by atoms with van der Waals surface area (Å²) in [5.74, 6) is -7.32. The smallest absolute Gasteiger partial charge is 0.326 e. The van der Waals surface area contributed by atoms with Gasteiger partial charge in [-0.2, -0.15) is 0 Å². The van der Waals surface area contributed by atoms with E-state index in [0.29, 0.717) is 11.1 Å². The van der Waals surface area contributed by atoms with E-state index in [1.54, 1.807) is 58.0 Å². The first kappa shape index (κ1) is 46.6. The van der Waals surface area contributed by atoms with Crippen LogP contribution >= 0.6 is 0 Å². The molecule has 0 saturated heterocycles. The predicted octanol–water partition coefficient (Wildman–Crippen LogP) is -1.80. The van der Waals surface area contributed by atoms with E-state index < -0.39 is 102 Å². The van der Waals surface area contributed by atoms with Crippen molar-refractivity contribution in [1.82, 2.24) is 31.9 Å². The highest BCUT2D eigenvalue weighted by Crippen LogP contribution is 2.13. The number of aliphatic hydroxyl groups excluding tert-OH is 2. The molecule has 0 aromatic heterocycles. The molecule has 6 amide bonds. The zero-order valence-corrected chi connectivity index (χ0v) is 32.3. The number of nitrogens with two attached hydrogens (primary N) is 1. The van der Waals surface area contributed by atoms with Crippen LogP contribution in [0.5, 0.6) is 5.75 Å². The number of hydrogen-bond acceptors (Lipinski definition) is 11. The molecule has 0 heterocycles. The Labute approximate surface area is 325 Å². The molecule has 8 atom stereocenters. The summed E-state index contributed by atoms with van der Waals surface area (Å²) in [6, 6.07) is 6.06. The Bertz CT molecular complexity index is 1650. The van der Waals surface area contributed by atoms with Crippen LogP contribution in [0.25, 0.3) is 0 Å². The fourth-order valence-electron chi connectivity index (χ4n) is 5.31. The van der Waals surface area contributed by atoms with Gasteiger partial charge >= 0.3 is 5.97 Å². The summed E-state index contributed by atoms with van der Waals surface area (Å²) in [6.07, 6.45) is -3.23. The van der Waals surface area contributed by atoms with Crippen LogP contribution in [0, 0.1) is 11.8 Å². The molecule has 0 fully saturated rings. The van der Waals surface area contributed by atoms with E-state index in [0.717, 1.165) is 0 Å². The molecule has 2 rings (SSSR count). The third-order valence-corrected chi connectivity index (χ3v) is 8.74. The molecule has 308 valence electrons. The van der Waals surface area contributed by atoms with Crippen molar-refractivity contribution in [3.63, 3.8) is 0 Å². The van der Waals surface area contributed by atoms with Crippen LogP contribution < -0.4 is 37.6 Å². The Hall–Kier alpha value is -5.59. The number of hydrogen-bond donors (Lipinski definition) is 11. The minimum atomic E-state index is -1.61. The van der Waals surface area contributed by atoms with E-state index >= 15 is 0 Å². The molecule has 18 nitrogen and oxygen atoms in total. The molecule has 0 unspecified atom stereocenters. The normalized spacial score (nSPS) is 15.5. The van der Waals surface area contributed by atoms with Gasteiger partial charge in [-0.25, -0.2) is 4.79 Å². The highest BCUT2D eigenvalue weighted by Gasteiger charge is 2.35. The van der Waals surface area contributed by atoms with Gasteiger partial charge in [-0.3, -0.25) is 28.8 Å². The summed E-state index contributed by atoms with van der Waals surface area (Å²) in [5, 5.41) is 54.6. The Morgan fingerprint density at radius 3 is 1.54 bits per heavy atom. The molecular formula is C38H55N7O11. The molecule has 0 saturated carbocycles. The van der Waals surface area contributed by atoms with Crippen LogP contribution in [-0.4, -0.2) is 117 Å². The molecule has 0 aliphatic heterocycles. The van der Waals surface area contributed by atoms with Crippen LogP contribution in [0.15, 0.2) is 54.6 Å². The lowest BCUT2D eigenvalue weighted by molar-refractivity contribution is -0.143. The zero-order valence-electron chi connectivity index (χ0n) is 32.3. The number of nitrogens with one attached hydrogen (secondary N) is 6. The van der Waals surface area contributed by atoms with Crippen molar-refractivity contribution >= 4 is 41.4 Å². The van der Waals surface area contributed by atoms with Crippen LogP contribution in [-0.2, 0) is 46.4 Å². The molecule has 0 bridgehead atoms. The van der Waals surface area contributed by atoms with Gasteiger partial charge in [0, 0.05) is 12.8 Å². The minimum Gasteiger partial charge on any atom is -0.508 e. The number of phenols is 1. The molecule has 2 aromatic rings. The first-order valence-electron chi connectivity index (χ1n) is 18.2. The topological polar surface area (TPSA) is 299 Å². The van der Waals surface area contributed by atoms with Gasteiger partial charge in [0.15, 0.2) is 0 Å². The van der Waals surface area contributed by atoms with E-state index in [1.807, 2.05) is 0 Å². The largest absolute Gasteiger partial charge is 0.508 e. The summed E-state index contributed by atoms with van der Waals surface area (Å²) < 4.78 is 0. The van der Waals surface area contributed by atoms with E-state index in [-0.39, 0.29) is 24.5 Å². The first-order valence-corrected chi connectivity index (χ1v) is 18.2. The molecule has 2 aromatic carbocycles. The highest BCUT2D eigenvalue weighted by atomic mass is 16.4. The Morgan fingerprint density at radius 1 is 0.571 bits per heavy atom. The third kappa shape index (κ3) is 14.9. The summed E-state index contributed by atoms with van der Waals surface area (Å²) in [4.78, 5) is 90.9. The van der Waals surface area contributed by atoms with Crippen LogP contribution in [0.4, 0.5) is 0 Å². The number of carbonyl (C=O) groups is 7. The number of carbonyl (C=O) groups excluding carboxylic acids is 6. The number of aliphatic hydroxyl groups is 2. The fourth-order valence-corrected chi connectivity index (χ4v) is 5.31. The van der Waals surface area contributed by atoms with Gasteiger partial charge in [0.2, 0.25) is 35.4 Å². The summed E-state index contributed by atoms with van der Waals surface area (Å²) >= 11 is 0. The number of amides is 6. The second-order valence-electron chi connectivity index (χ2n) is 14.3. The minimum absolute atomic E-state index is 0.0695. The second-order valence-corrected chi connectivity index (χ2v) is 14.3. The Morgan fingerprint density at radius 2 is 1.04 bits per heavy atom. The van der Waals surface area contributed by atoms with E-state index in [4.69, 9.17) is 5.73 Å². The lowest BCUT2D eigenvalue weighted by Gasteiger charge is -2.29. The molecule has 0 radical (unpaired) electrons. The average Bonchev–Trinajstić information content (AvgIpc) is 3.13. The van der Waals surface area contributed by atoms with Crippen molar-refractivity contribution in [2.45, 2.75) is 103 Å². The lowest BCUT2D eigenvalue weighted by atomic mass is 9.99. The number of rotatable bonds is 21. The number of carboxylic acids is 1. The van der Waals surface area contributed by atoms with Gasteiger partial charge < -0.3 is 58.1 Å². The predicted molar refractivity (Wildman–Crippen MR) is 203 cm³/mol. The maximum Gasteiger partial charge on any atom is 0.326 e. The summed E-state index contributed by atoms with van der Waals surface area (Å²) in [5.41, 5.74) is 7.01. The van der Waals surface area contributed by atoms with Gasteiger partial charge in [0.05, 0.1) is 24.8 Å². The highest BCUT2D eigenvalue weighted by molar-refractivity contribution is 5.96. The SMILES string of the molecule is CC(C)[C@H](N)C(=O)N[C@H](C(=O)N[C@H](C(=O)N[C@@H](Cc1ccc(O)cc1)C(=O)NCC(=O)N[C@H](C(=O)N[C@@H](Cc1ccccc1)C(=O)O)[C@@H](C)O)[C@@H](C)O)C(C)C. The molecule has 0 aliphatic rings. The van der Waals surface area contributed by atoms with Crippen molar-refractivity contribution < 1.29 is 54.0 Å². The molecular weight excluding hydrogens is 730 g/mol. The van der Waals surface area contributed by atoms with Crippen molar-refractivity contribution in [2.24, 2.45) is 17.6 Å². The molecule has 56 heavy (non-hydrogen) atoms. The van der Waals surface area contributed by atoms with Crippen molar-refractivity contribution in [3.05, 3.63) is 65.7 Å². The second kappa shape index (κ2) is 22.1. The maximum atomic E-state index is 13.6. The van der Waals surface area contributed by atoms with Crippen LogP contribution in [0.2, 0.25) is 0 Å². The quantitative estimate of drug-likeness (QED) is 0.0669. The van der Waals surface area contributed by atoms with Crippen LogP contribution in [0.3, 0.4) is 0 Å². The molecule has 18 heteroatoms. The average molecular weight is 786 g/mol. The first-order chi connectivity index (χ1) is 26.2. The van der Waals surface area contributed by atoms with E-state index in [9.17, 15) is 54.0 Å². The van der Waals surface area contributed by atoms with E-state index in [1.165, 1.54) is 38.1 Å². The van der Waals surface area contributed by atoms with Gasteiger partial charge in [-0.1, -0.05) is 70.2 Å². The standard InChI is InChI=1S/C38H55N7O11/c1-19(2)29(39)34(51)44-30(20(3)4)35(52)45-32(22(6)47)37(54)41-26(16-24-12-14-25(48)15-13-24)33(50)40-18-28(49)43-31(21(5)46)36(53)42-27(38(55)56)17-23-10-8-7-9-11-23/h7-15,19-22,26-27,29-32,46-48H,16-18,39H2,1-6H3,(H,40,50)(H,41,54)(H,42,53)(H,43,49)(H,44,51)(H,45,52)(H,55,56)/t21-,22-,26+,27+,29+,30+,31+,32+/m1/s1. The number of aliphatic carboxylic acids is 1.